The van der Waals surface area contributed by atoms with E-state index in [1.165, 1.54) is 7.11 Å². The average Bonchev–Trinajstić information content (AvgIpc) is 2.81. The highest BCUT2D eigenvalue weighted by Gasteiger charge is 2.22. The number of carbonyl (C=O) groups is 1. The summed E-state index contributed by atoms with van der Waals surface area (Å²) in [4.78, 5) is 11.8. The van der Waals surface area contributed by atoms with Crippen molar-refractivity contribution >= 4 is 11.8 Å². The van der Waals surface area contributed by atoms with E-state index in [0.717, 1.165) is 5.56 Å². The summed E-state index contributed by atoms with van der Waals surface area (Å²) in [5.74, 6) is 0.289. The Labute approximate surface area is 105 Å². The third-order valence-corrected chi connectivity index (χ3v) is 2.58. The number of benzene rings is 1. The molecule has 94 valence electrons. The second-order valence-electron chi connectivity index (χ2n) is 3.75. The second kappa shape index (κ2) is 5.31. The quantitative estimate of drug-likeness (QED) is 0.819. The molecule has 0 aliphatic carbocycles. The van der Waals surface area contributed by atoms with Gasteiger partial charge in [-0.2, -0.15) is 0 Å². The Bertz CT molecular complexity index is 524. The van der Waals surface area contributed by atoms with E-state index in [1.54, 1.807) is 17.9 Å². The Morgan fingerprint density at radius 2 is 2.11 bits per heavy atom. The van der Waals surface area contributed by atoms with Crippen LogP contribution in [0, 0.1) is 0 Å². The van der Waals surface area contributed by atoms with E-state index in [9.17, 15) is 4.79 Å². The van der Waals surface area contributed by atoms with E-state index in [-0.39, 0.29) is 5.97 Å². The number of anilines is 1. The van der Waals surface area contributed by atoms with Gasteiger partial charge in [-0.05, 0) is 5.56 Å². The monoisotopic (exact) mass is 246 g/mol. The zero-order chi connectivity index (χ0) is 13.0. The topological polar surface area (TPSA) is 69.0 Å². The number of ether oxygens (including phenoxy) is 1. The number of nitrogens with one attached hydrogen (secondary N) is 1. The summed E-state index contributed by atoms with van der Waals surface area (Å²) in [5.41, 5.74) is 0.825. The predicted molar refractivity (Wildman–Crippen MR) is 65.8 cm³/mol. The van der Waals surface area contributed by atoms with Gasteiger partial charge < -0.3 is 10.1 Å². The van der Waals surface area contributed by atoms with E-state index in [1.807, 2.05) is 30.3 Å². The molecular weight excluding hydrogens is 232 g/mol. The maximum atomic E-state index is 11.8. The van der Waals surface area contributed by atoms with Crippen LogP contribution in [0.25, 0.3) is 0 Å². The molecule has 1 heterocycles. The molecule has 2 rings (SSSR count). The van der Waals surface area contributed by atoms with Crippen LogP contribution in [0.2, 0.25) is 0 Å². The lowest BCUT2D eigenvalue weighted by Gasteiger charge is -2.17. The fourth-order valence-corrected chi connectivity index (χ4v) is 1.61. The van der Waals surface area contributed by atoms with Crippen molar-refractivity contribution in [3.63, 3.8) is 0 Å². The zero-order valence-electron chi connectivity index (χ0n) is 10.2. The van der Waals surface area contributed by atoms with Crippen LogP contribution < -0.4 is 5.32 Å². The molecule has 0 bridgehead atoms. The number of rotatable bonds is 4. The van der Waals surface area contributed by atoms with Gasteiger partial charge in [-0.1, -0.05) is 35.5 Å². The third kappa shape index (κ3) is 2.48. The third-order valence-electron chi connectivity index (χ3n) is 2.58. The zero-order valence-corrected chi connectivity index (χ0v) is 10.2. The average molecular weight is 246 g/mol. The molecule has 1 atom stereocenters. The minimum atomic E-state index is -0.576. The SMILES string of the molecule is COC(=O)C(Nc1cnnn1C)c1ccccc1. The fourth-order valence-electron chi connectivity index (χ4n) is 1.61. The molecule has 2 aromatic rings. The molecule has 1 unspecified atom stereocenters. The molecule has 0 radical (unpaired) electrons. The van der Waals surface area contributed by atoms with Crippen molar-refractivity contribution in [3.8, 4) is 0 Å². The predicted octanol–water partition coefficient (Wildman–Crippen LogP) is 1.14. The number of hydrogen-bond acceptors (Lipinski definition) is 5. The van der Waals surface area contributed by atoms with Gasteiger partial charge in [0.15, 0.2) is 6.04 Å². The van der Waals surface area contributed by atoms with Gasteiger partial charge in [-0.25, -0.2) is 9.48 Å². The highest BCUT2D eigenvalue weighted by atomic mass is 16.5. The molecule has 0 aliphatic heterocycles. The van der Waals surface area contributed by atoms with Gasteiger partial charge in [0, 0.05) is 7.05 Å². The van der Waals surface area contributed by atoms with Crippen molar-refractivity contribution < 1.29 is 9.53 Å². The number of aryl methyl sites for hydroxylation is 1. The molecule has 18 heavy (non-hydrogen) atoms. The van der Waals surface area contributed by atoms with E-state index < -0.39 is 6.04 Å². The summed E-state index contributed by atoms with van der Waals surface area (Å²) in [6.45, 7) is 0. The highest BCUT2D eigenvalue weighted by molar-refractivity contribution is 5.80. The maximum Gasteiger partial charge on any atom is 0.333 e. The minimum Gasteiger partial charge on any atom is -0.467 e. The maximum absolute atomic E-state index is 11.8. The molecule has 0 saturated heterocycles. The molecule has 0 saturated carbocycles. The number of methoxy groups -OCH3 is 1. The normalized spacial score (nSPS) is 11.9. The fraction of sp³-hybridized carbons (Fsp3) is 0.250. The summed E-state index contributed by atoms with van der Waals surface area (Å²) < 4.78 is 6.36. The number of carbonyl (C=O) groups excluding carboxylic acids is 1. The van der Waals surface area contributed by atoms with Crippen LogP contribution in [-0.2, 0) is 16.6 Å². The molecule has 1 aromatic carbocycles. The Morgan fingerprint density at radius 3 is 2.67 bits per heavy atom. The highest BCUT2D eigenvalue weighted by Crippen LogP contribution is 2.19. The van der Waals surface area contributed by atoms with Crippen LogP contribution >= 0.6 is 0 Å². The van der Waals surface area contributed by atoms with Crippen molar-refractivity contribution in [1.82, 2.24) is 15.0 Å². The van der Waals surface area contributed by atoms with E-state index in [4.69, 9.17) is 4.74 Å². The first kappa shape index (κ1) is 12.1. The lowest BCUT2D eigenvalue weighted by Crippen LogP contribution is -2.23. The number of nitrogens with zero attached hydrogens (tertiary/aromatic N) is 3. The first-order valence-corrected chi connectivity index (χ1v) is 5.46. The smallest absolute Gasteiger partial charge is 0.333 e. The van der Waals surface area contributed by atoms with Gasteiger partial charge in [-0.15, -0.1) is 5.10 Å². The van der Waals surface area contributed by atoms with Crippen LogP contribution in [0.1, 0.15) is 11.6 Å². The molecule has 6 heteroatoms. The van der Waals surface area contributed by atoms with E-state index in [0.29, 0.717) is 5.82 Å². The van der Waals surface area contributed by atoms with Crippen molar-refractivity contribution in [2.75, 3.05) is 12.4 Å². The number of hydrogen-bond donors (Lipinski definition) is 1. The first-order chi connectivity index (χ1) is 8.72. The summed E-state index contributed by atoms with van der Waals surface area (Å²) >= 11 is 0. The first-order valence-electron chi connectivity index (χ1n) is 5.46. The standard InChI is InChI=1S/C12H14N4O2/c1-16-10(8-13-15-16)14-11(12(17)18-2)9-6-4-3-5-7-9/h3-8,11,14H,1-2H3. The second-order valence-corrected chi connectivity index (χ2v) is 3.75. The summed E-state index contributed by atoms with van der Waals surface area (Å²) in [6.07, 6.45) is 1.55. The lowest BCUT2D eigenvalue weighted by molar-refractivity contribution is -0.141. The lowest BCUT2D eigenvalue weighted by atomic mass is 10.1. The molecule has 0 amide bonds. The minimum absolute atomic E-state index is 0.359. The molecule has 0 aliphatic rings. The van der Waals surface area contributed by atoms with Crippen LogP contribution in [0.3, 0.4) is 0 Å². The van der Waals surface area contributed by atoms with Crippen molar-refractivity contribution in [2.24, 2.45) is 7.05 Å². The molecule has 6 nitrogen and oxygen atoms in total. The molecular formula is C12H14N4O2. The van der Waals surface area contributed by atoms with Gasteiger partial charge in [0.1, 0.15) is 5.82 Å². The van der Waals surface area contributed by atoms with E-state index >= 15 is 0 Å². The molecule has 0 fully saturated rings. The Morgan fingerprint density at radius 1 is 1.39 bits per heavy atom. The molecule has 1 N–H and O–H groups in total. The van der Waals surface area contributed by atoms with Crippen molar-refractivity contribution in [2.45, 2.75) is 6.04 Å². The van der Waals surface area contributed by atoms with Gasteiger partial charge in [0.25, 0.3) is 0 Å². The van der Waals surface area contributed by atoms with Crippen LogP contribution in [-0.4, -0.2) is 28.1 Å². The van der Waals surface area contributed by atoms with Crippen LogP contribution in [0.15, 0.2) is 36.5 Å². The van der Waals surface area contributed by atoms with Gasteiger partial charge in [0.2, 0.25) is 0 Å². The van der Waals surface area contributed by atoms with Gasteiger partial charge in [0.05, 0.1) is 13.3 Å². The summed E-state index contributed by atoms with van der Waals surface area (Å²) in [6, 6.07) is 8.77. The number of aromatic nitrogens is 3. The van der Waals surface area contributed by atoms with Crippen molar-refractivity contribution in [3.05, 3.63) is 42.1 Å². The molecule has 1 aromatic heterocycles. The van der Waals surface area contributed by atoms with E-state index in [2.05, 4.69) is 15.6 Å². The van der Waals surface area contributed by atoms with Crippen LogP contribution in [0.4, 0.5) is 5.82 Å². The van der Waals surface area contributed by atoms with Gasteiger partial charge >= 0.3 is 5.97 Å². The Hall–Kier alpha value is -2.37. The van der Waals surface area contributed by atoms with Gasteiger partial charge in [-0.3, -0.25) is 0 Å². The summed E-state index contributed by atoms with van der Waals surface area (Å²) in [5, 5.41) is 10.6. The largest absolute Gasteiger partial charge is 0.467 e. The summed E-state index contributed by atoms with van der Waals surface area (Å²) in [7, 11) is 3.11. The Balaban J connectivity index is 2.27. The number of esters is 1. The Kier molecular flexibility index (Phi) is 3.57. The van der Waals surface area contributed by atoms with Crippen molar-refractivity contribution in [1.29, 1.82) is 0 Å². The van der Waals surface area contributed by atoms with Crippen LogP contribution in [0.5, 0.6) is 0 Å². The molecule has 0 spiro atoms.